The minimum absolute atomic E-state index is 0.0540. The molecule has 1 heterocycles. The van der Waals surface area contributed by atoms with Gasteiger partial charge in [0.15, 0.2) is 0 Å². The van der Waals surface area contributed by atoms with Gasteiger partial charge in [0.25, 0.3) is 0 Å². The SMILES string of the molecule is CCCC(CN)C(=O)N(C)Cc1cnn(C)c1. The summed E-state index contributed by atoms with van der Waals surface area (Å²) in [5.41, 5.74) is 6.67. The Hall–Kier alpha value is -1.36. The van der Waals surface area contributed by atoms with Crippen molar-refractivity contribution in [3.8, 4) is 0 Å². The molecule has 96 valence electrons. The molecule has 1 aromatic rings. The fourth-order valence-electron chi connectivity index (χ4n) is 1.91. The molecule has 0 bridgehead atoms. The molecule has 0 aromatic carbocycles. The van der Waals surface area contributed by atoms with Gasteiger partial charge in [-0.1, -0.05) is 13.3 Å². The van der Waals surface area contributed by atoms with Gasteiger partial charge in [0.05, 0.1) is 12.1 Å². The number of rotatable bonds is 6. The maximum absolute atomic E-state index is 12.1. The van der Waals surface area contributed by atoms with Gasteiger partial charge in [-0.2, -0.15) is 5.10 Å². The van der Waals surface area contributed by atoms with Crippen molar-refractivity contribution in [2.45, 2.75) is 26.3 Å². The molecule has 5 nitrogen and oxygen atoms in total. The number of carbonyl (C=O) groups is 1. The fourth-order valence-corrected chi connectivity index (χ4v) is 1.91. The second-order valence-corrected chi connectivity index (χ2v) is 4.44. The number of nitrogens with zero attached hydrogens (tertiary/aromatic N) is 3. The summed E-state index contributed by atoms with van der Waals surface area (Å²) in [5.74, 6) is 0.0693. The molecule has 17 heavy (non-hydrogen) atoms. The number of carbonyl (C=O) groups excluding carboxylic acids is 1. The van der Waals surface area contributed by atoms with E-state index in [-0.39, 0.29) is 11.8 Å². The average molecular weight is 238 g/mol. The lowest BCUT2D eigenvalue weighted by atomic mass is 10.0. The van der Waals surface area contributed by atoms with Gasteiger partial charge in [-0.3, -0.25) is 9.48 Å². The van der Waals surface area contributed by atoms with Crippen LogP contribution < -0.4 is 5.73 Å². The van der Waals surface area contributed by atoms with Crippen LogP contribution in [-0.4, -0.2) is 34.2 Å². The lowest BCUT2D eigenvalue weighted by Crippen LogP contribution is -2.36. The molecule has 0 saturated heterocycles. The molecule has 1 unspecified atom stereocenters. The molecule has 0 fully saturated rings. The first kappa shape index (κ1) is 13.7. The van der Waals surface area contributed by atoms with E-state index in [9.17, 15) is 4.79 Å². The molecular formula is C12H22N4O. The summed E-state index contributed by atoms with van der Waals surface area (Å²) in [6.45, 7) is 3.08. The fraction of sp³-hybridized carbons (Fsp3) is 0.667. The molecule has 1 atom stereocenters. The number of nitrogens with two attached hydrogens (primary N) is 1. The van der Waals surface area contributed by atoms with Crippen LogP contribution in [0.15, 0.2) is 12.4 Å². The van der Waals surface area contributed by atoms with E-state index in [2.05, 4.69) is 12.0 Å². The number of aromatic nitrogens is 2. The summed E-state index contributed by atoms with van der Waals surface area (Å²) in [6.07, 6.45) is 5.53. The zero-order valence-electron chi connectivity index (χ0n) is 10.9. The highest BCUT2D eigenvalue weighted by atomic mass is 16.2. The van der Waals surface area contributed by atoms with Crippen molar-refractivity contribution in [1.29, 1.82) is 0 Å². The largest absolute Gasteiger partial charge is 0.341 e. The summed E-state index contributed by atoms with van der Waals surface area (Å²) in [6, 6.07) is 0. The Morgan fingerprint density at radius 3 is 2.82 bits per heavy atom. The van der Waals surface area contributed by atoms with E-state index in [0.717, 1.165) is 18.4 Å². The lowest BCUT2D eigenvalue weighted by molar-refractivity contribution is -0.134. The van der Waals surface area contributed by atoms with Crippen LogP contribution in [0.25, 0.3) is 0 Å². The molecule has 1 aromatic heterocycles. The number of aryl methyl sites for hydroxylation is 1. The standard InChI is InChI=1S/C12H22N4O/c1-4-5-11(6-13)12(17)15(2)8-10-7-14-16(3)9-10/h7,9,11H,4-6,8,13H2,1-3H3. The maximum atomic E-state index is 12.1. The zero-order valence-corrected chi connectivity index (χ0v) is 10.9. The molecule has 0 saturated carbocycles. The number of hydrogen-bond donors (Lipinski definition) is 1. The van der Waals surface area contributed by atoms with Crippen LogP contribution in [0.5, 0.6) is 0 Å². The highest BCUT2D eigenvalue weighted by molar-refractivity contribution is 5.78. The van der Waals surface area contributed by atoms with Gasteiger partial charge in [0.2, 0.25) is 5.91 Å². The molecule has 0 aliphatic heterocycles. The van der Waals surface area contributed by atoms with E-state index in [4.69, 9.17) is 5.73 Å². The van der Waals surface area contributed by atoms with E-state index in [1.807, 2.05) is 20.3 Å². The molecule has 0 aliphatic rings. The highest BCUT2D eigenvalue weighted by Gasteiger charge is 2.20. The van der Waals surface area contributed by atoms with Crippen molar-refractivity contribution in [2.24, 2.45) is 18.7 Å². The number of amides is 1. The molecule has 5 heteroatoms. The lowest BCUT2D eigenvalue weighted by Gasteiger charge is -2.22. The average Bonchev–Trinajstić information content (AvgIpc) is 2.70. The predicted molar refractivity (Wildman–Crippen MR) is 67.1 cm³/mol. The first-order valence-electron chi connectivity index (χ1n) is 6.01. The first-order valence-corrected chi connectivity index (χ1v) is 6.01. The molecule has 0 radical (unpaired) electrons. The van der Waals surface area contributed by atoms with Gasteiger partial charge in [0.1, 0.15) is 0 Å². The van der Waals surface area contributed by atoms with Gasteiger partial charge in [-0.25, -0.2) is 0 Å². The van der Waals surface area contributed by atoms with E-state index in [1.54, 1.807) is 15.8 Å². The monoisotopic (exact) mass is 238 g/mol. The summed E-state index contributed by atoms with van der Waals surface area (Å²) in [7, 11) is 3.68. The molecule has 2 N–H and O–H groups in total. The number of hydrogen-bond acceptors (Lipinski definition) is 3. The van der Waals surface area contributed by atoms with Crippen LogP contribution in [0.1, 0.15) is 25.3 Å². The Morgan fingerprint density at radius 2 is 2.35 bits per heavy atom. The smallest absolute Gasteiger partial charge is 0.226 e. The van der Waals surface area contributed by atoms with E-state index in [1.165, 1.54) is 0 Å². The second kappa shape index (κ2) is 6.39. The van der Waals surface area contributed by atoms with Crippen molar-refractivity contribution in [3.05, 3.63) is 18.0 Å². The van der Waals surface area contributed by atoms with E-state index < -0.39 is 0 Å². The third-order valence-electron chi connectivity index (χ3n) is 2.83. The van der Waals surface area contributed by atoms with Crippen molar-refractivity contribution in [2.75, 3.05) is 13.6 Å². The van der Waals surface area contributed by atoms with Crippen LogP contribution in [0.2, 0.25) is 0 Å². The molecule has 1 rings (SSSR count). The Labute approximate surface area is 103 Å². The summed E-state index contributed by atoms with van der Waals surface area (Å²) < 4.78 is 1.74. The van der Waals surface area contributed by atoms with E-state index in [0.29, 0.717) is 13.1 Å². The van der Waals surface area contributed by atoms with Crippen LogP contribution >= 0.6 is 0 Å². The van der Waals surface area contributed by atoms with Crippen molar-refractivity contribution in [3.63, 3.8) is 0 Å². The van der Waals surface area contributed by atoms with Gasteiger partial charge in [-0.05, 0) is 6.42 Å². The Morgan fingerprint density at radius 1 is 1.65 bits per heavy atom. The molecule has 1 amide bonds. The molecule has 0 aliphatic carbocycles. The predicted octanol–water partition coefficient (Wildman–Crippen LogP) is 0.754. The summed E-state index contributed by atoms with van der Waals surface area (Å²) in [5, 5.41) is 4.08. The Kier molecular flexibility index (Phi) is 5.15. The van der Waals surface area contributed by atoms with Gasteiger partial charge in [-0.15, -0.1) is 0 Å². The van der Waals surface area contributed by atoms with E-state index >= 15 is 0 Å². The Bertz CT molecular complexity index is 361. The molecule has 0 spiro atoms. The van der Waals surface area contributed by atoms with Gasteiger partial charge in [0, 0.05) is 38.9 Å². The van der Waals surface area contributed by atoms with Crippen LogP contribution in [-0.2, 0) is 18.4 Å². The zero-order chi connectivity index (χ0) is 12.8. The maximum Gasteiger partial charge on any atom is 0.226 e. The highest BCUT2D eigenvalue weighted by Crippen LogP contribution is 2.10. The van der Waals surface area contributed by atoms with Crippen LogP contribution in [0, 0.1) is 5.92 Å². The van der Waals surface area contributed by atoms with Crippen LogP contribution in [0.4, 0.5) is 0 Å². The molecular weight excluding hydrogens is 216 g/mol. The first-order chi connectivity index (χ1) is 8.08. The third kappa shape index (κ3) is 3.85. The third-order valence-corrected chi connectivity index (χ3v) is 2.83. The van der Waals surface area contributed by atoms with Crippen LogP contribution in [0.3, 0.4) is 0 Å². The minimum atomic E-state index is -0.0540. The van der Waals surface area contributed by atoms with Gasteiger partial charge < -0.3 is 10.6 Å². The quantitative estimate of drug-likeness (QED) is 0.795. The van der Waals surface area contributed by atoms with Crippen molar-refractivity contribution in [1.82, 2.24) is 14.7 Å². The van der Waals surface area contributed by atoms with Gasteiger partial charge >= 0.3 is 0 Å². The minimum Gasteiger partial charge on any atom is -0.341 e. The second-order valence-electron chi connectivity index (χ2n) is 4.44. The van der Waals surface area contributed by atoms with Crippen molar-refractivity contribution >= 4 is 5.91 Å². The Balaban J connectivity index is 2.56. The topological polar surface area (TPSA) is 64.2 Å². The summed E-state index contributed by atoms with van der Waals surface area (Å²) >= 11 is 0. The summed E-state index contributed by atoms with van der Waals surface area (Å²) in [4.78, 5) is 13.8. The van der Waals surface area contributed by atoms with Crippen molar-refractivity contribution < 1.29 is 4.79 Å². The normalized spacial score (nSPS) is 12.5.